The van der Waals surface area contributed by atoms with Crippen LogP contribution in [0.15, 0.2) is 36.8 Å². The van der Waals surface area contributed by atoms with Crippen molar-refractivity contribution in [3.05, 3.63) is 53.7 Å². The highest BCUT2D eigenvalue weighted by Gasteiger charge is 2.25. The van der Waals surface area contributed by atoms with Crippen LogP contribution in [0.2, 0.25) is 0 Å². The molecule has 126 valence electrons. The highest BCUT2D eigenvalue weighted by Crippen LogP contribution is 2.23. The first-order chi connectivity index (χ1) is 11.7. The Morgan fingerprint density at radius 1 is 1.33 bits per heavy atom. The Bertz CT molecular complexity index is 725. The van der Waals surface area contributed by atoms with Gasteiger partial charge >= 0.3 is 0 Å². The van der Waals surface area contributed by atoms with E-state index in [0.717, 1.165) is 17.6 Å². The molecule has 7 heteroatoms. The maximum atomic E-state index is 13.9. The summed E-state index contributed by atoms with van der Waals surface area (Å²) < 4.78 is 19.0. The first-order valence-electron chi connectivity index (χ1n) is 7.77. The van der Waals surface area contributed by atoms with Crippen molar-refractivity contribution in [2.75, 3.05) is 38.3 Å². The summed E-state index contributed by atoms with van der Waals surface area (Å²) >= 11 is 0. The van der Waals surface area contributed by atoms with Crippen molar-refractivity contribution >= 4 is 11.7 Å². The highest BCUT2D eigenvalue weighted by atomic mass is 19.1. The van der Waals surface area contributed by atoms with Gasteiger partial charge in [0.1, 0.15) is 5.82 Å². The lowest BCUT2D eigenvalue weighted by Crippen LogP contribution is -2.37. The summed E-state index contributed by atoms with van der Waals surface area (Å²) in [6, 6.07) is 5.19. The van der Waals surface area contributed by atoms with Crippen LogP contribution in [0.25, 0.3) is 0 Å². The zero-order valence-electron chi connectivity index (χ0n) is 13.5. The summed E-state index contributed by atoms with van der Waals surface area (Å²) in [5.74, 6) is -0.0901. The van der Waals surface area contributed by atoms with E-state index in [9.17, 15) is 9.18 Å². The molecule has 0 radical (unpaired) electrons. The Labute approximate surface area is 139 Å². The van der Waals surface area contributed by atoms with Crippen LogP contribution in [-0.4, -0.2) is 54.1 Å². The minimum absolute atomic E-state index is 0.0424. The molecule has 1 aliphatic rings. The van der Waals surface area contributed by atoms with Crippen LogP contribution in [0.3, 0.4) is 0 Å². The molecule has 2 aromatic heterocycles. The predicted octanol–water partition coefficient (Wildman–Crippen LogP) is 1.72. The number of methoxy groups -OCH3 is 1. The van der Waals surface area contributed by atoms with Gasteiger partial charge in [0.2, 0.25) is 0 Å². The van der Waals surface area contributed by atoms with Crippen molar-refractivity contribution in [3.8, 4) is 0 Å². The second kappa shape index (κ2) is 7.35. The Morgan fingerprint density at radius 3 is 3.00 bits per heavy atom. The van der Waals surface area contributed by atoms with E-state index in [0.29, 0.717) is 32.8 Å². The van der Waals surface area contributed by atoms with Crippen molar-refractivity contribution in [3.63, 3.8) is 0 Å². The zero-order chi connectivity index (χ0) is 16.9. The van der Waals surface area contributed by atoms with Crippen LogP contribution in [0.5, 0.6) is 0 Å². The molecule has 1 aliphatic heterocycles. The minimum atomic E-state index is -0.602. The molecule has 6 nitrogen and oxygen atoms in total. The third-order valence-electron chi connectivity index (χ3n) is 4.02. The summed E-state index contributed by atoms with van der Waals surface area (Å²) in [6.07, 6.45) is 4.22. The molecule has 2 aromatic rings. The van der Waals surface area contributed by atoms with Crippen LogP contribution in [0.4, 0.5) is 10.2 Å². The molecular formula is C17H19FN4O2. The minimum Gasteiger partial charge on any atom is -0.383 e. The average Bonchev–Trinajstić information content (AvgIpc) is 2.79. The highest BCUT2D eigenvalue weighted by molar-refractivity contribution is 5.94. The third kappa shape index (κ3) is 3.35. The number of amides is 1. The molecule has 0 bridgehead atoms. The van der Waals surface area contributed by atoms with Gasteiger partial charge in [-0.3, -0.25) is 9.78 Å². The van der Waals surface area contributed by atoms with Crippen molar-refractivity contribution in [2.24, 2.45) is 0 Å². The Kier molecular flexibility index (Phi) is 5.00. The van der Waals surface area contributed by atoms with Crippen LogP contribution in [-0.2, 0) is 11.3 Å². The molecule has 0 aliphatic carbocycles. The zero-order valence-corrected chi connectivity index (χ0v) is 13.5. The number of ether oxygens (including phenoxy) is 1. The largest absolute Gasteiger partial charge is 0.383 e. The molecule has 0 fully saturated rings. The van der Waals surface area contributed by atoms with Crippen molar-refractivity contribution in [1.82, 2.24) is 14.9 Å². The number of anilines is 1. The molecule has 3 rings (SSSR count). The van der Waals surface area contributed by atoms with Crippen molar-refractivity contribution in [2.45, 2.75) is 6.54 Å². The molecule has 0 spiro atoms. The first-order valence-corrected chi connectivity index (χ1v) is 7.77. The Balaban J connectivity index is 1.86. The number of carbonyl (C=O) groups is 1. The number of hydrogen-bond donors (Lipinski definition) is 0. The van der Waals surface area contributed by atoms with Gasteiger partial charge in [0.25, 0.3) is 5.91 Å². The number of carbonyl (C=O) groups excluding carboxylic acids is 1. The van der Waals surface area contributed by atoms with Gasteiger partial charge in [-0.1, -0.05) is 6.07 Å². The molecule has 0 unspecified atom stereocenters. The fraction of sp³-hybridized carbons (Fsp3) is 0.353. The number of halogens is 1. The number of aromatic nitrogens is 2. The number of fused-ring (bicyclic) bond motifs is 1. The normalized spacial score (nSPS) is 14.2. The fourth-order valence-electron chi connectivity index (χ4n) is 2.78. The SMILES string of the molecule is COCCN1CCN(C(=O)c2ccncc2F)Cc2cccnc21. The summed E-state index contributed by atoms with van der Waals surface area (Å²) in [4.78, 5) is 24.6. The van der Waals surface area contributed by atoms with Gasteiger partial charge in [-0.25, -0.2) is 9.37 Å². The van der Waals surface area contributed by atoms with Gasteiger partial charge < -0.3 is 14.5 Å². The lowest BCUT2D eigenvalue weighted by atomic mass is 10.2. The fourth-order valence-corrected chi connectivity index (χ4v) is 2.78. The molecule has 0 aromatic carbocycles. The number of nitrogens with zero attached hydrogens (tertiary/aromatic N) is 4. The lowest BCUT2D eigenvalue weighted by Gasteiger charge is -2.23. The van der Waals surface area contributed by atoms with Crippen LogP contribution < -0.4 is 4.90 Å². The van der Waals surface area contributed by atoms with Crippen LogP contribution >= 0.6 is 0 Å². The average molecular weight is 330 g/mol. The topological polar surface area (TPSA) is 58.6 Å². The summed E-state index contributed by atoms with van der Waals surface area (Å²) in [6.45, 7) is 2.76. The van der Waals surface area contributed by atoms with Crippen molar-refractivity contribution < 1.29 is 13.9 Å². The maximum Gasteiger partial charge on any atom is 0.257 e. The summed E-state index contributed by atoms with van der Waals surface area (Å²) in [5.41, 5.74) is 0.981. The summed E-state index contributed by atoms with van der Waals surface area (Å²) in [7, 11) is 1.65. The van der Waals surface area contributed by atoms with Gasteiger partial charge in [-0.05, 0) is 12.1 Å². The Morgan fingerprint density at radius 2 is 2.21 bits per heavy atom. The van der Waals surface area contributed by atoms with Gasteiger partial charge in [-0.2, -0.15) is 0 Å². The second-order valence-corrected chi connectivity index (χ2v) is 5.55. The molecule has 1 amide bonds. The van der Waals surface area contributed by atoms with Gasteiger partial charge in [0, 0.05) is 51.2 Å². The molecule has 0 saturated heterocycles. The summed E-state index contributed by atoms with van der Waals surface area (Å²) in [5, 5.41) is 0. The molecule has 0 atom stereocenters. The van der Waals surface area contributed by atoms with E-state index in [4.69, 9.17) is 4.74 Å². The van der Waals surface area contributed by atoms with E-state index >= 15 is 0 Å². The second-order valence-electron chi connectivity index (χ2n) is 5.55. The number of pyridine rings is 2. The van der Waals surface area contributed by atoms with Crippen molar-refractivity contribution in [1.29, 1.82) is 0 Å². The van der Waals surface area contributed by atoms with E-state index in [1.165, 1.54) is 12.3 Å². The number of hydrogen-bond acceptors (Lipinski definition) is 5. The van der Waals surface area contributed by atoms with E-state index in [-0.39, 0.29) is 11.5 Å². The van der Waals surface area contributed by atoms with E-state index < -0.39 is 5.82 Å². The van der Waals surface area contributed by atoms with E-state index in [1.54, 1.807) is 18.2 Å². The number of rotatable bonds is 4. The monoisotopic (exact) mass is 330 g/mol. The molecule has 0 saturated carbocycles. The van der Waals surface area contributed by atoms with E-state index in [2.05, 4.69) is 14.9 Å². The predicted molar refractivity (Wildman–Crippen MR) is 87.3 cm³/mol. The lowest BCUT2D eigenvalue weighted by molar-refractivity contribution is 0.0746. The Hall–Kier alpha value is -2.54. The standard InChI is InChI=1S/C17H19FN4O2/c1-24-10-9-21-7-8-22(12-13-3-2-5-20-16(13)21)17(23)14-4-6-19-11-15(14)18/h2-6,11H,7-10,12H2,1H3. The van der Waals surface area contributed by atoms with Gasteiger partial charge in [0.15, 0.2) is 5.82 Å². The smallest absolute Gasteiger partial charge is 0.257 e. The molecule has 0 N–H and O–H groups in total. The van der Waals surface area contributed by atoms with Gasteiger partial charge in [0.05, 0.1) is 18.4 Å². The van der Waals surface area contributed by atoms with Gasteiger partial charge in [-0.15, -0.1) is 0 Å². The molecular weight excluding hydrogens is 311 g/mol. The quantitative estimate of drug-likeness (QED) is 0.854. The molecule has 3 heterocycles. The van der Waals surface area contributed by atoms with E-state index in [1.807, 2.05) is 12.1 Å². The third-order valence-corrected chi connectivity index (χ3v) is 4.02. The molecule has 24 heavy (non-hydrogen) atoms. The first kappa shape index (κ1) is 16.3. The van der Waals surface area contributed by atoms with Crippen LogP contribution in [0.1, 0.15) is 15.9 Å². The van der Waals surface area contributed by atoms with Crippen LogP contribution in [0, 0.1) is 5.82 Å². The maximum absolute atomic E-state index is 13.9.